The van der Waals surface area contributed by atoms with E-state index in [2.05, 4.69) is 5.32 Å². The summed E-state index contributed by atoms with van der Waals surface area (Å²) in [4.78, 5) is 24.0. The molecule has 0 saturated carbocycles. The van der Waals surface area contributed by atoms with Crippen LogP contribution in [0.1, 0.15) is 29.3 Å². The van der Waals surface area contributed by atoms with Crippen LogP contribution in [0.4, 0.5) is 14.5 Å². The van der Waals surface area contributed by atoms with Gasteiger partial charge in [0.2, 0.25) is 0 Å². The number of carbonyl (C=O) groups excluding carboxylic acids is 2. The minimum absolute atomic E-state index is 0.0332. The second-order valence-electron chi connectivity index (χ2n) is 4.93. The van der Waals surface area contributed by atoms with Gasteiger partial charge < -0.3 is 5.32 Å². The van der Waals surface area contributed by atoms with Gasteiger partial charge in [-0.1, -0.05) is 30.7 Å². The molecule has 0 aliphatic heterocycles. The van der Waals surface area contributed by atoms with E-state index in [0.717, 1.165) is 12.1 Å². The van der Waals surface area contributed by atoms with E-state index in [-0.39, 0.29) is 28.5 Å². The number of ketones is 1. The van der Waals surface area contributed by atoms with E-state index in [9.17, 15) is 18.4 Å². The molecular formula is C17H14ClF2NO2. The van der Waals surface area contributed by atoms with E-state index >= 15 is 0 Å². The highest BCUT2D eigenvalue weighted by Crippen LogP contribution is 2.23. The van der Waals surface area contributed by atoms with Gasteiger partial charge in [-0.05, 0) is 23.8 Å². The van der Waals surface area contributed by atoms with Crippen LogP contribution >= 0.6 is 11.6 Å². The highest BCUT2D eigenvalue weighted by atomic mass is 35.5. The predicted octanol–water partition coefficient (Wildman–Crippen LogP) is 4.39. The molecule has 3 nitrogen and oxygen atoms in total. The summed E-state index contributed by atoms with van der Waals surface area (Å²) in [6.45, 7) is 1.73. The lowest BCUT2D eigenvalue weighted by Gasteiger charge is -2.11. The zero-order valence-corrected chi connectivity index (χ0v) is 13.1. The van der Waals surface area contributed by atoms with E-state index in [1.165, 1.54) is 12.1 Å². The molecule has 0 bridgehead atoms. The van der Waals surface area contributed by atoms with Crippen LogP contribution in [-0.2, 0) is 11.2 Å². The molecule has 0 aliphatic rings. The molecule has 120 valence electrons. The molecule has 23 heavy (non-hydrogen) atoms. The number of amides is 1. The summed E-state index contributed by atoms with van der Waals surface area (Å²) in [5, 5.41) is 2.64. The lowest BCUT2D eigenvalue weighted by Crippen LogP contribution is -2.16. The van der Waals surface area contributed by atoms with E-state index < -0.39 is 17.5 Å². The molecule has 0 atom stereocenters. The first-order chi connectivity index (χ1) is 10.9. The van der Waals surface area contributed by atoms with Gasteiger partial charge in [0.25, 0.3) is 5.91 Å². The molecular weight excluding hydrogens is 324 g/mol. The molecule has 1 amide bonds. The Morgan fingerprint density at radius 1 is 1.13 bits per heavy atom. The van der Waals surface area contributed by atoms with Crippen molar-refractivity contribution in [1.29, 1.82) is 0 Å². The van der Waals surface area contributed by atoms with Crippen molar-refractivity contribution >= 4 is 29.0 Å². The smallest absolute Gasteiger partial charge is 0.257 e. The second-order valence-corrected chi connectivity index (χ2v) is 5.33. The molecule has 0 unspecified atom stereocenters. The van der Waals surface area contributed by atoms with Crippen molar-refractivity contribution in [2.75, 3.05) is 5.32 Å². The lowest BCUT2D eigenvalue weighted by atomic mass is 10.0. The molecule has 0 saturated heterocycles. The topological polar surface area (TPSA) is 46.2 Å². The molecule has 0 aromatic heterocycles. The number of nitrogens with one attached hydrogen (secondary N) is 1. The third kappa shape index (κ3) is 4.13. The average molecular weight is 338 g/mol. The molecule has 0 heterocycles. The summed E-state index contributed by atoms with van der Waals surface area (Å²) in [6.07, 6.45) is 0.425. The number of benzene rings is 2. The zero-order chi connectivity index (χ0) is 17.0. The van der Waals surface area contributed by atoms with Crippen molar-refractivity contribution in [1.82, 2.24) is 0 Å². The van der Waals surface area contributed by atoms with E-state index in [4.69, 9.17) is 11.6 Å². The Hall–Kier alpha value is -2.27. The average Bonchev–Trinajstić information content (AvgIpc) is 2.50. The molecule has 0 spiro atoms. The number of hydrogen-bond acceptors (Lipinski definition) is 2. The van der Waals surface area contributed by atoms with Crippen LogP contribution in [0.2, 0.25) is 5.02 Å². The van der Waals surface area contributed by atoms with Crippen LogP contribution in [0.3, 0.4) is 0 Å². The van der Waals surface area contributed by atoms with Crippen LogP contribution in [0.25, 0.3) is 0 Å². The van der Waals surface area contributed by atoms with Crippen LogP contribution in [0.15, 0.2) is 36.4 Å². The molecule has 2 aromatic carbocycles. The van der Waals surface area contributed by atoms with E-state index in [1.807, 2.05) is 0 Å². The highest BCUT2D eigenvalue weighted by Gasteiger charge is 2.17. The number of halogens is 3. The first-order valence-corrected chi connectivity index (χ1v) is 7.35. The molecule has 0 fully saturated rings. The normalized spacial score (nSPS) is 10.4. The van der Waals surface area contributed by atoms with Gasteiger partial charge in [0.05, 0.1) is 10.6 Å². The molecule has 0 radical (unpaired) electrons. The maximum absolute atomic E-state index is 13.2. The first-order valence-electron chi connectivity index (χ1n) is 6.98. The third-order valence-corrected chi connectivity index (χ3v) is 3.60. The highest BCUT2D eigenvalue weighted by molar-refractivity contribution is 6.34. The Morgan fingerprint density at radius 2 is 1.87 bits per heavy atom. The number of rotatable bonds is 5. The largest absolute Gasteiger partial charge is 0.322 e. The van der Waals surface area contributed by atoms with Gasteiger partial charge in [0, 0.05) is 24.6 Å². The monoisotopic (exact) mass is 337 g/mol. The van der Waals surface area contributed by atoms with Gasteiger partial charge in [0.1, 0.15) is 5.78 Å². The summed E-state index contributed by atoms with van der Waals surface area (Å²) in [5.74, 6) is -2.69. The SMILES string of the molecule is CCC(=O)Cc1cccc(Cl)c1C(=O)Nc1ccc(F)c(F)c1. The summed E-state index contributed by atoms with van der Waals surface area (Å²) in [5.41, 5.74) is 0.742. The standard InChI is InChI=1S/C17H14ClF2NO2/c1-2-12(22)8-10-4-3-5-13(18)16(10)17(23)21-11-6-7-14(19)15(20)9-11/h3-7,9H,2,8H2,1H3,(H,21,23). The van der Waals surface area contributed by atoms with Crippen molar-refractivity contribution in [2.45, 2.75) is 19.8 Å². The molecule has 6 heteroatoms. The van der Waals surface area contributed by atoms with Crippen molar-refractivity contribution < 1.29 is 18.4 Å². The Bertz CT molecular complexity index is 762. The van der Waals surface area contributed by atoms with Crippen molar-refractivity contribution in [2.24, 2.45) is 0 Å². The van der Waals surface area contributed by atoms with Gasteiger partial charge in [0.15, 0.2) is 11.6 Å². The minimum Gasteiger partial charge on any atom is -0.322 e. The number of hydrogen-bond donors (Lipinski definition) is 1. The van der Waals surface area contributed by atoms with Gasteiger partial charge in [-0.2, -0.15) is 0 Å². The third-order valence-electron chi connectivity index (χ3n) is 3.29. The van der Waals surface area contributed by atoms with Gasteiger partial charge in [-0.3, -0.25) is 9.59 Å². The quantitative estimate of drug-likeness (QED) is 0.879. The second kappa shape index (κ2) is 7.33. The van der Waals surface area contributed by atoms with Gasteiger partial charge >= 0.3 is 0 Å². The predicted molar refractivity (Wildman–Crippen MR) is 84.8 cm³/mol. The molecule has 2 rings (SSSR count). The summed E-state index contributed by atoms with van der Waals surface area (Å²) in [7, 11) is 0. The molecule has 0 aliphatic carbocycles. The lowest BCUT2D eigenvalue weighted by molar-refractivity contribution is -0.118. The first kappa shape index (κ1) is 17.1. The maximum atomic E-state index is 13.2. The fourth-order valence-electron chi connectivity index (χ4n) is 2.08. The Labute approximate surface area is 137 Å². The van der Waals surface area contributed by atoms with Crippen LogP contribution in [0.5, 0.6) is 0 Å². The fourth-order valence-corrected chi connectivity index (χ4v) is 2.36. The molecule has 2 aromatic rings. The van der Waals surface area contributed by atoms with Crippen LogP contribution < -0.4 is 5.32 Å². The number of Topliss-reactive ketones (excluding diaryl/α,β-unsaturated/α-hetero) is 1. The van der Waals surface area contributed by atoms with Crippen molar-refractivity contribution in [3.05, 3.63) is 64.2 Å². The zero-order valence-electron chi connectivity index (χ0n) is 12.3. The van der Waals surface area contributed by atoms with Crippen LogP contribution in [-0.4, -0.2) is 11.7 Å². The fraction of sp³-hybridized carbons (Fsp3) is 0.176. The number of anilines is 1. The maximum Gasteiger partial charge on any atom is 0.257 e. The minimum atomic E-state index is -1.07. The van der Waals surface area contributed by atoms with E-state index in [0.29, 0.717) is 12.0 Å². The Kier molecular flexibility index (Phi) is 5.45. The Morgan fingerprint density at radius 3 is 2.52 bits per heavy atom. The van der Waals surface area contributed by atoms with Crippen molar-refractivity contribution in [3.8, 4) is 0 Å². The van der Waals surface area contributed by atoms with Crippen LogP contribution in [0, 0.1) is 11.6 Å². The Balaban J connectivity index is 2.31. The van der Waals surface area contributed by atoms with Gasteiger partial charge in [-0.25, -0.2) is 8.78 Å². The summed E-state index contributed by atoms with van der Waals surface area (Å²) >= 11 is 6.07. The van der Waals surface area contributed by atoms with E-state index in [1.54, 1.807) is 19.1 Å². The summed E-state index contributed by atoms with van der Waals surface area (Å²) < 4.78 is 26.1. The number of carbonyl (C=O) groups is 2. The van der Waals surface area contributed by atoms with Crippen molar-refractivity contribution in [3.63, 3.8) is 0 Å². The van der Waals surface area contributed by atoms with Gasteiger partial charge in [-0.15, -0.1) is 0 Å². The summed E-state index contributed by atoms with van der Waals surface area (Å²) in [6, 6.07) is 7.85. The molecule has 1 N–H and O–H groups in total.